The van der Waals surface area contributed by atoms with E-state index in [1.54, 1.807) is 0 Å². The molecule has 0 saturated carbocycles. The summed E-state index contributed by atoms with van der Waals surface area (Å²) in [7, 11) is 0. The first-order valence-corrected chi connectivity index (χ1v) is 0. The van der Waals surface area contributed by atoms with Crippen molar-refractivity contribution < 1.29 is 121 Å². The van der Waals surface area contributed by atoms with Crippen LogP contribution < -0.4 is 0 Å². The normalized spacial score (nSPS) is 0. The van der Waals surface area contributed by atoms with Gasteiger partial charge in [0, 0.05) is 0 Å². The van der Waals surface area contributed by atoms with Gasteiger partial charge in [0.1, 0.15) is 0 Å². The smallest absolute Gasteiger partial charge is 0.870 e. The molecule has 0 fully saturated rings. The predicted molar refractivity (Wildman–Crippen MR) is 43.7 cm³/mol. The molecular weight excluding hydrogens is 427 g/mol. The van der Waals surface area contributed by atoms with E-state index in [0.717, 1.165) is 0 Å². The minimum atomic E-state index is 0. The summed E-state index contributed by atoms with van der Waals surface area (Å²) in [4.78, 5) is 0. The molecule has 0 atom stereocenters. The molecule has 0 heterocycles. The average Bonchev–Trinajstić information content (AvgIpc) is 0. The van der Waals surface area contributed by atoms with Crippen molar-refractivity contribution in [3.8, 4) is 0 Å². The van der Waals surface area contributed by atoms with Gasteiger partial charge in [-0.3, -0.25) is 9.90 Å². The molecule has 0 saturated heterocycles. The van der Waals surface area contributed by atoms with Gasteiger partial charge in [-0.25, -0.2) is 0 Å². The van der Waals surface area contributed by atoms with E-state index >= 15 is 0 Å². The summed E-state index contributed by atoms with van der Waals surface area (Å²) in [5.74, 6) is 0. The Kier molecular flexibility index (Phi) is 524000. The zero-order valence-corrected chi connectivity index (χ0v) is 10.3. The first kappa shape index (κ1) is 3340. The van der Waals surface area contributed by atoms with Crippen LogP contribution in [0.5, 0.6) is 0 Å². The molecule has 0 rings (SSSR count). The first-order valence-electron chi connectivity index (χ1n) is 0. The Morgan fingerprint density at radius 2 is 0.278 bits per heavy atom. The molecule has 13 nitrogen and oxygen atoms in total. The standard InChI is InChI=1S/C.Co.2Ni.13H2O.H6P/h;;;;13*1H2;1H6/q+4;3*+2;;;;;;;;;;;;;;+3/p-13. The van der Waals surface area contributed by atoms with Gasteiger partial charge in [-0.05, 0) is 0 Å². The minimum absolute atomic E-state index is 0. The summed E-state index contributed by atoms with van der Waals surface area (Å²) < 4.78 is 0. The fourth-order valence-corrected chi connectivity index (χ4v) is 0. The predicted octanol–water partition coefficient (Wildman–Crippen LogP) is -2.97. The molecule has 0 aromatic rings. The zero-order chi connectivity index (χ0) is 0. The van der Waals surface area contributed by atoms with Gasteiger partial charge < -0.3 is 71.2 Å². The summed E-state index contributed by atoms with van der Waals surface area (Å²) in [5, 5.41) is 0. The monoisotopic (exact) mass is 445 g/mol. The van der Waals surface area contributed by atoms with Gasteiger partial charge in [-0.1, -0.05) is 0 Å². The van der Waals surface area contributed by atoms with Gasteiger partial charge in [0.25, 0.3) is 0 Å². The van der Waals surface area contributed by atoms with Crippen LogP contribution >= 0.6 is 9.90 Å². The van der Waals surface area contributed by atoms with Crippen molar-refractivity contribution in [2.24, 2.45) is 0 Å². The maximum Gasteiger partial charge on any atom is 4.00 e. The van der Waals surface area contributed by atoms with Crippen molar-refractivity contribution in [3.63, 3.8) is 0 Å². The Balaban J connectivity index is 0. The van der Waals surface area contributed by atoms with Crippen LogP contribution in [0.15, 0.2) is 0 Å². The maximum atomic E-state index is 0. The van der Waals surface area contributed by atoms with Gasteiger partial charge in [0.2, 0.25) is 0 Å². The van der Waals surface area contributed by atoms with Gasteiger partial charge in [-0.15, -0.1) is 0 Å². The SMILES string of the molecule is [C+4].[Co+2].[Ni+2].[Ni+2].[OH-].[OH-].[OH-].[OH-].[OH-].[OH-].[OH-].[OH-].[OH-].[OH-].[OH-].[OH-].[OH-].[PH6+3]. The maximum absolute atomic E-state index is 0. The second-order valence-corrected chi connectivity index (χ2v) is 0. The Hall–Kier alpha value is 1.40. The Bertz CT molecular complexity index is 25.0. The molecule has 0 spiro atoms. The minimum Gasteiger partial charge on any atom is -0.870 e. The van der Waals surface area contributed by atoms with Crippen molar-refractivity contribution in [1.82, 2.24) is 0 Å². The molecule has 135 valence electrons. The summed E-state index contributed by atoms with van der Waals surface area (Å²) >= 11 is 0. The first-order chi connectivity index (χ1) is 0. The third kappa shape index (κ3) is 2380. The number of hydrogen-bond donors (Lipinski definition) is 0. The van der Waals surface area contributed by atoms with E-state index in [9.17, 15) is 0 Å². The topological polar surface area (TPSA) is 390 Å². The molecule has 0 aliphatic rings. The third-order valence-corrected chi connectivity index (χ3v) is 0. The van der Waals surface area contributed by atoms with Crippen LogP contribution in [-0.2, 0) is 49.8 Å². The number of hydrogen-bond acceptors (Lipinski definition) is 13. The van der Waals surface area contributed by atoms with E-state index in [-0.39, 0.29) is 138 Å². The Labute approximate surface area is 138 Å². The molecule has 0 aliphatic carbocycles. The summed E-state index contributed by atoms with van der Waals surface area (Å²) in [6, 6.07) is 0. The van der Waals surface area contributed by atoms with Crippen LogP contribution in [0.4, 0.5) is 0 Å². The Morgan fingerprint density at radius 1 is 0.278 bits per heavy atom. The van der Waals surface area contributed by atoms with Crippen LogP contribution in [0.25, 0.3) is 0 Å². The zero-order valence-electron chi connectivity index (χ0n) is 7.28. The molecule has 1 radical (unpaired) electrons. The van der Waals surface area contributed by atoms with Crippen molar-refractivity contribution in [2.45, 2.75) is 0 Å². The van der Waals surface area contributed by atoms with Crippen molar-refractivity contribution in [2.75, 3.05) is 0 Å². The molecule has 18 heavy (non-hydrogen) atoms. The summed E-state index contributed by atoms with van der Waals surface area (Å²) in [6.07, 6.45) is 0. The van der Waals surface area contributed by atoms with E-state index in [0.29, 0.717) is 0 Å². The van der Waals surface area contributed by atoms with Gasteiger partial charge >= 0.3 is 57.2 Å². The fourth-order valence-electron chi connectivity index (χ4n) is 0. The molecule has 0 aromatic heterocycles. The summed E-state index contributed by atoms with van der Waals surface area (Å²) in [6.45, 7) is 0. The third-order valence-electron chi connectivity index (χ3n) is 0. The molecule has 0 aliphatic heterocycles. The second-order valence-electron chi connectivity index (χ2n) is 0. The molecule has 0 unspecified atom stereocenters. The van der Waals surface area contributed by atoms with Gasteiger partial charge in [0.05, 0.1) is 0 Å². The van der Waals surface area contributed by atoms with E-state index < -0.39 is 0 Å². The van der Waals surface area contributed by atoms with E-state index in [2.05, 4.69) is 0 Å². The van der Waals surface area contributed by atoms with E-state index in [4.69, 9.17) is 0 Å². The van der Waals surface area contributed by atoms with Crippen molar-refractivity contribution in [3.05, 3.63) is 7.43 Å². The molecule has 0 amide bonds. The largest absolute Gasteiger partial charge is 4.00 e. The van der Waals surface area contributed by atoms with Gasteiger partial charge in [-0.2, -0.15) is 0 Å². The molecule has 0 bridgehead atoms. The van der Waals surface area contributed by atoms with Crippen LogP contribution in [0, 0.1) is 7.43 Å². The molecular formula is CH19CoNi2O13P. The average molecular weight is 446 g/mol. The quantitative estimate of drug-likeness (QED) is 0.265. The Morgan fingerprint density at radius 3 is 0.278 bits per heavy atom. The van der Waals surface area contributed by atoms with Crippen LogP contribution in [-0.4, -0.2) is 71.2 Å². The number of rotatable bonds is 0. The van der Waals surface area contributed by atoms with Crippen LogP contribution in [0.2, 0.25) is 0 Å². The summed E-state index contributed by atoms with van der Waals surface area (Å²) in [5.41, 5.74) is 0. The van der Waals surface area contributed by atoms with Crippen molar-refractivity contribution in [1.29, 1.82) is 0 Å². The second kappa shape index (κ2) is 2830. The van der Waals surface area contributed by atoms with Crippen LogP contribution in [0.1, 0.15) is 0 Å². The van der Waals surface area contributed by atoms with Crippen LogP contribution in [0.3, 0.4) is 0 Å². The molecule has 0 aromatic carbocycles. The molecule has 13 N–H and O–H groups in total. The molecule has 17 heteroatoms. The van der Waals surface area contributed by atoms with E-state index in [1.807, 2.05) is 0 Å². The van der Waals surface area contributed by atoms with Crippen molar-refractivity contribution >= 4 is 9.90 Å². The fraction of sp³-hybridized carbons (Fsp3) is 0. The van der Waals surface area contributed by atoms with Gasteiger partial charge in [0.15, 0.2) is 0 Å². The van der Waals surface area contributed by atoms with E-state index in [1.165, 1.54) is 0 Å².